The van der Waals surface area contributed by atoms with Gasteiger partial charge in [-0.2, -0.15) is 0 Å². The lowest BCUT2D eigenvalue weighted by Gasteiger charge is -2.42. The summed E-state index contributed by atoms with van der Waals surface area (Å²) in [5.41, 5.74) is 0.897. The van der Waals surface area contributed by atoms with E-state index in [0.29, 0.717) is 10.8 Å². The second-order valence-electron chi connectivity index (χ2n) is 7.76. The highest BCUT2D eigenvalue weighted by molar-refractivity contribution is 4.89. The van der Waals surface area contributed by atoms with Crippen LogP contribution in [-0.4, -0.2) is 12.6 Å². The summed E-state index contributed by atoms with van der Waals surface area (Å²) in [4.78, 5) is 0. The summed E-state index contributed by atoms with van der Waals surface area (Å²) in [6.45, 7) is 15.4. The van der Waals surface area contributed by atoms with E-state index in [1.54, 1.807) is 0 Å². The number of rotatable bonds is 4. The van der Waals surface area contributed by atoms with Gasteiger partial charge in [-0.15, -0.1) is 0 Å². The maximum Gasteiger partial charge on any atom is 0.0100 e. The highest BCUT2D eigenvalue weighted by Gasteiger charge is 2.34. The molecule has 1 heteroatoms. The van der Waals surface area contributed by atoms with Crippen LogP contribution < -0.4 is 5.32 Å². The van der Waals surface area contributed by atoms with Crippen molar-refractivity contribution < 1.29 is 0 Å². The third-order valence-corrected chi connectivity index (χ3v) is 4.68. The highest BCUT2D eigenvalue weighted by Crippen LogP contribution is 2.38. The molecule has 2 atom stereocenters. The van der Waals surface area contributed by atoms with E-state index in [1.165, 1.54) is 38.6 Å². The molecule has 0 aromatic rings. The summed E-state index contributed by atoms with van der Waals surface area (Å²) in [6.07, 6.45) is 6.89. The van der Waals surface area contributed by atoms with Gasteiger partial charge < -0.3 is 5.32 Å². The Morgan fingerprint density at radius 3 is 2.12 bits per heavy atom. The highest BCUT2D eigenvalue weighted by atomic mass is 14.9. The van der Waals surface area contributed by atoms with E-state index < -0.39 is 0 Å². The molecule has 0 aromatic heterocycles. The molecule has 17 heavy (non-hydrogen) atoms. The number of hydrogen-bond donors (Lipinski definition) is 1. The maximum atomic E-state index is 3.87. The Labute approximate surface area is 109 Å². The van der Waals surface area contributed by atoms with Crippen LogP contribution in [-0.2, 0) is 0 Å². The van der Waals surface area contributed by atoms with Gasteiger partial charge in [-0.3, -0.25) is 0 Å². The lowest BCUT2D eigenvalue weighted by Crippen LogP contribution is -2.47. The normalized spacial score (nSPS) is 27.2. The van der Waals surface area contributed by atoms with E-state index in [4.69, 9.17) is 0 Å². The molecule has 0 aliphatic heterocycles. The minimum Gasteiger partial charge on any atom is -0.313 e. The summed E-state index contributed by atoms with van der Waals surface area (Å²) in [6, 6.07) is 0.745. The molecule has 0 radical (unpaired) electrons. The summed E-state index contributed by atoms with van der Waals surface area (Å²) < 4.78 is 0. The minimum atomic E-state index is 0.444. The summed E-state index contributed by atoms with van der Waals surface area (Å²) in [5, 5.41) is 3.87. The topological polar surface area (TPSA) is 12.0 Å². The summed E-state index contributed by atoms with van der Waals surface area (Å²) in [5.74, 6) is 0.851. The molecule has 1 aliphatic carbocycles. The van der Waals surface area contributed by atoms with E-state index >= 15 is 0 Å². The van der Waals surface area contributed by atoms with Gasteiger partial charge in [0.15, 0.2) is 0 Å². The van der Waals surface area contributed by atoms with Gasteiger partial charge in [0.25, 0.3) is 0 Å². The first kappa shape index (κ1) is 15.0. The molecule has 1 fully saturated rings. The van der Waals surface area contributed by atoms with Gasteiger partial charge in [-0.25, -0.2) is 0 Å². The monoisotopic (exact) mass is 239 g/mol. The zero-order chi connectivity index (χ0) is 13.1. The third kappa shape index (κ3) is 4.62. The van der Waals surface area contributed by atoms with Gasteiger partial charge in [-0.05, 0) is 36.0 Å². The largest absolute Gasteiger partial charge is 0.313 e. The van der Waals surface area contributed by atoms with Crippen molar-refractivity contribution in [1.82, 2.24) is 5.32 Å². The SMILES string of the molecule is CCC(C)(C)CNC1CCCCC1C(C)(C)C. The zero-order valence-corrected chi connectivity index (χ0v) is 12.9. The van der Waals surface area contributed by atoms with Crippen molar-refractivity contribution in [2.75, 3.05) is 6.54 Å². The Hall–Kier alpha value is -0.0400. The second kappa shape index (κ2) is 5.73. The van der Waals surface area contributed by atoms with Crippen molar-refractivity contribution in [3.63, 3.8) is 0 Å². The van der Waals surface area contributed by atoms with Crippen LogP contribution >= 0.6 is 0 Å². The molecular formula is C16H33N. The molecule has 1 N–H and O–H groups in total. The fourth-order valence-corrected chi connectivity index (χ4v) is 2.94. The Morgan fingerprint density at radius 1 is 1.00 bits per heavy atom. The Balaban J connectivity index is 2.55. The van der Waals surface area contributed by atoms with E-state index in [9.17, 15) is 0 Å². The van der Waals surface area contributed by atoms with Crippen LogP contribution in [0.2, 0.25) is 0 Å². The van der Waals surface area contributed by atoms with Gasteiger partial charge in [0, 0.05) is 12.6 Å². The van der Waals surface area contributed by atoms with Crippen molar-refractivity contribution in [3.05, 3.63) is 0 Å². The van der Waals surface area contributed by atoms with Crippen molar-refractivity contribution in [2.45, 2.75) is 79.7 Å². The molecule has 1 nitrogen and oxygen atoms in total. The molecule has 0 amide bonds. The summed E-state index contributed by atoms with van der Waals surface area (Å²) >= 11 is 0. The van der Waals surface area contributed by atoms with Crippen LogP contribution in [0.4, 0.5) is 0 Å². The first-order valence-corrected chi connectivity index (χ1v) is 7.49. The van der Waals surface area contributed by atoms with E-state index in [2.05, 4.69) is 46.9 Å². The fraction of sp³-hybridized carbons (Fsp3) is 1.00. The van der Waals surface area contributed by atoms with Crippen LogP contribution in [0.1, 0.15) is 73.6 Å². The Bertz CT molecular complexity index is 224. The Kier molecular flexibility index (Phi) is 5.07. The standard InChI is InChI=1S/C16H33N/c1-7-16(5,6)12-17-14-11-9-8-10-13(14)15(2,3)4/h13-14,17H,7-12H2,1-6H3. The molecule has 0 heterocycles. The van der Waals surface area contributed by atoms with Gasteiger partial charge >= 0.3 is 0 Å². The van der Waals surface area contributed by atoms with E-state index in [0.717, 1.165) is 12.0 Å². The maximum absolute atomic E-state index is 3.87. The molecule has 1 rings (SSSR count). The quantitative estimate of drug-likeness (QED) is 0.755. The number of nitrogens with one attached hydrogen (secondary N) is 1. The van der Waals surface area contributed by atoms with Crippen molar-refractivity contribution in [3.8, 4) is 0 Å². The molecule has 1 saturated carbocycles. The molecule has 1 aliphatic rings. The molecule has 102 valence electrons. The number of hydrogen-bond acceptors (Lipinski definition) is 1. The van der Waals surface area contributed by atoms with Gasteiger partial charge in [-0.1, -0.05) is 54.4 Å². The van der Waals surface area contributed by atoms with Crippen molar-refractivity contribution >= 4 is 0 Å². The van der Waals surface area contributed by atoms with E-state index in [-0.39, 0.29) is 0 Å². The first-order chi connectivity index (χ1) is 7.76. The zero-order valence-electron chi connectivity index (χ0n) is 12.9. The van der Waals surface area contributed by atoms with Gasteiger partial charge in [0.2, 0.25) is 0 Å². The second-order valence-corrected chi connectivity index (χ2v) is 7.76. The van der Waals surface area contributed by atoms with Crippen LogP contribution in [0.5, 0.6) is 0 Å². The van der Waals surface area contributed by atoms with Gasteiger partial charge in [0.1, 0.15) is 0 Å². The molecule has 0 spiro atoms. The molecule has 2 unspecified atom stereocenters. The first-order valence-electron chi connectivity index (χ1n) is 7.49. The van der Waals surface area contributed by atoms with E-state index in [1.807, 2.05) is 0 Å². The fourth-order valence-electron chi connectivity index (χ4n) is 2.94. The average Bonchev–Trinajstić information content (AvgIpc) is 2.26. The lowest BCUT2D eigenvalue weighted by atomic mass is 9.69. The molecule has 0 aromatic carbocycles. The smallest absolute Gasteiger partial charge is 0.0100 e. The van der Waals surface area contributed by atoms with Crippen LogP contribution in [0.3, 0.4) is 0 Å². The predicted molar refractivity (Wildman–Crippen MR) is 77.3 cm³/mol. The third-order valence-electron chi connectivity index (χ3n) is 4.68. The average molecular weight is 239 g/mol. The minimum absolute atomic E-state index is 0.444. The summed E-state index contributed by atoms with van der Waals surface area (Å²) in [7, 11) is 0. The van der Waals surface area contributed by atoms with Gasteiger partial charge in [0.05, 0.1) is 0 Å². The predicted octanol–water partition coefficient (Wildman–Crippen LogP) is 4.62. The lowest BCUT2D eigenvalue weighted by molar-refractivity contribution is 0.122. The molecule has 0 saturated heterocycles. The molecule has 0 bridgehead atoms. The van der Waals surface area contributed by atoms with Crippen LogP contribution in [0, 0.1) is 16.7 Å². The van der Waals surface area contributed by atoms with Crippen LogP contribution in [0.25, 0.3) is 0 Å². The van der Waals surface area contributed by atoms with Crippen LogP contribution in [0.15, 0.2) is 0 Å². The Morgan fingerprint density at radius 2 is 1.59 bits per heavy atom. The van der Waals surface area contributed by atoms with Crippen molar-refractivity contribution in [1.29, 1.82) is 0 Å². The molecular weight excluding hydrogens is 206 g/mol. The van der Waals surface area contributed by atoms with Crippen molar-refractivity contribution in [2.24, 2.45) is 16.7 Å².